The number of allylic oxidation sites excluding steroid dienone is 4. The minimum absolute atomic E-state index is 0.193. The molecule has 1 heteroatoms. The van der Waals surface area contributed by atoms with Gasteiger partial charge in [0.15, 0.2) is 0 Å². The zero-order valence-electron chi connectivity index (χ0n) is 10.2. The molecule has 1 unspecified atom stereocenters. The first-order chi connectivity index (χ1) is 7.06. The summed E-state index contributed by atoms with van der Waals surface area (Å²) in [5, 5.41) is 9.63. The molecule has 0 aliphatic carbocycles. The fourth-order valence-corrected chi connectivity index (χ4v) is 1.17. The summed E-state index contributed by atoms with van der Waals surface area (Å²) >= 11 is 0. The highest BCUT2D eigenvalue weighted by Gasteiger charge is 2.02. The molecule has 1 N–H and O–H groups in total. The molecule has 0 rings (SSSR count). The molecular weight excluding hydrogens is 184 g/mol. The van der Waals surface area contributed by atoms with Gasteiger partial charge in [-0.3, -0.25) is 0 Å². The maximum Gasteiger partial charge on any atom is 0.0574 e. The van der Waals surface area contributed by atoms with Crippen LogP contribution in [0.2, 0.25) is 0 Å². The molecule has 0 aliphatic rings. The van der Waals surface area contributed by atoms with Crippen molar-refractivity contribution in [2.45, 2.75) is 46.1 Å². The van der Waals surface area contributed by atoms with Crippen molar-refractivity contribution >= 4 is 0 Å². The van der Waals surface area contributed by atoms with Gasteiger partial charge in [0.25, 0.3) is 0 Å². The highest BCUT2D eigenvalue weighted by atomic mass is 16.3. The molecule has 0 amide bonds. The Morgan fingerprint density at radius 2 is 2.00 bits per heavy atom. The number of aliphatic hydroxyl groups excluding tert-OH is 1. The summed E-state index contributed by atoms with van der Waals surface area (Å²) < 4.78 is 0. The molecule has 0 saturated carbocycles. The summed E-state index contributed by atoms with van der Waals surface area (Å²) in [6.45, 7) is 10.0. The summed E-state index contributed by atoms with van der Waals surface area (Å²) in [5.74, 6) is 0.673. The Morgan fingerprint density at radius 3 is 2.53 bits per heavy atom. The predicted molar refractivity (Wildman–Crippen MR) is 67.8 cm³/mol. The van der Waals surface area contributed by atoms with Gasteiger partial charge in [-0.1, -0.05) is 50.3 Å². The molecule has 0 spiro atoms. The summed E-state index contributed by atoms with van der Waals surface area (Å²) in [6, 6.07) is 0. The van der Waals surface area contributed by atoms with Crippen molar-refractivity contribution in [1.82, 2.24) is 0 Å². The van der Waals surface area contributed by atoms with Gasteiger partial charge in [-0.2, -0.15) is 0 Å². The molecule has 15 heavy (non-hydrogen) atoms. The Kier molecular flexibility index (Phi) is 8.02. The zero-order chi connectivity index (χ0) is 11.7. The van der Waals surface area contributed by atoms with Crippen LogP contribution in [-0.4, -0.2) is 11.2 Å². The van der Waals surface area contributed by atoms with Crippen molar-refractivity contribution in [3.63, 3.8) is 0 Å². The third-order valence-corrected chi connectivity index (χ3v) is 2.30. The van der Waals surface area contributed by atoms with Crippen molar-refractivity contribution in [2.24, 2.45) is 5.92 Å². The number of aliphatic hydroxyl groups is 1. The van der Waals surface area contributed by atoms with E-state index in [-0.39, 0.29) is 6.10 Å². The largest absolute Gasteiger partial charge is 0.393 e. The highest BCUT2D eigenvalue weighted by Crippen LogP contribution is 2.09. The third kappa shape index (κ3) is 9.48. The van der Waals surface area contributed by atoms with E-state index >= 15 is 0 Å². The molecule has 0 heterocycles. The van der Waals surface area contributed by atoms with Gasteiger partial charge in [-0.15, -0.1) is 0 Å². The standard InChI is InChI=1S/C14H24O/c1-5-13(4)8-6-7-9-14(15)11-10-12(2)3/h5-8,12,14-15H,1,9-11H2,2-4H3/b7-6+,13-8-. The van der Waals surface area contributed by atoms with E-state index < -0.39 is 0 Å². The van der Waals surface area contributed by atoms with Crippen molar-refractivity contribution in [1.29, 1.82) is 0 Å². The van der Waals surface area contributed by atoms with Gasteiger partial charge in [0, 0.05) is 0 Å². The second-order valence-corrected chi connectivity index (χ2v) is 4.40. The first-order valence-electron chi connectivity index (χ1n) is 5.70. The average Bonchev–Trinajstić information content (AvgIpc) is 2.21. The number of hydrogen-bond donors (Lipinski definition) is 1. The van der Waals surface area contributed by atoms with Gasteiger partial charge in [0.1, 0.15) is 0 Å². The van der Waals surface area contributed by atoms with E-state index in [0.29, 0.717) is 5.92 Å². The van der Waals surface area contributed by atoms with Gasteiger partial charge < -0.3 is 5.11 Å². The van der Waals surface area contributed by atoms with Gasteiger partial charge in [0.2, 0.25) is 0 Å². The molecule has 1 atom stereocenters. The van der Waals surface area contributed by atoms with Crippen LogP contribution in [0.5, 0.6) is 0 Å². The Labute approximate surface area is 94.2 Å². The lowest BCUT2D eigenvalue weighted by Crippen LogP contribution is -2.06. The van der Waals surface area contributed by atoms with Crippen LogP contribution in [0.15, 0.2) is 36.5 Å². The Morgan fingerprint density at radius 1 is 1.33 bits per heavy atom. The van der Waals surface area contributed by atoms with E-state index in [9.17, 15) is 5.11 Å². The summed E-state index contributed by atoms with van der Waals surface area (Å²) in [4.78, 5) is 0. The van der Waals surface area contributed by atoms with E-state index in [1.807, 2.05) is 31.2 Å². The van der Waals surface area contributed by atoms with Crippen LogP contribution in [0.25, 0.3) is 0 Å². The maximum absolute atomic E-state index is 9.63. The molecule has 86 valence electrons. The molecule has 0 bridgehead atoms. The van der Waals surface area contributed by atoms with Crippen LogP contribution in [0.1, 0.15) is 40.0 Å². The molecule has 0 radical (unpaired) electrons. The van der Waals surface area contributed by atoms with E-state index in [2.05, 4.69) is 20.4 Å². The van der Waals surface area contributed by atoms with Crippen LogP contribution >= 0.6 is 0 Å². The van der Waals surface area contributed by atoms with Gasteiger partial charge >= 0.3 is 0 Å². The molecule has 0 saturated heterocycles. The van der Waals surface area contributed by atoms with Crippen LogP contribution in [-0.2, 0) is 0 Å². The van der Waals surface area contributed by atoms with E-state index in [4.69, 9.17) is 0 Å². The minimum atomic E-state index is -0.193. The quantitative estimate of drug-likeness (QED) is 0.630. The monoisotopic (exact) mass is 208 g/mol. The Hall–Kier alpha value is -0.820. The van der Waals surface area contributed by atoms with Gasteiger partial charge in [-0.25, -0.2) is 0 Å². The summed E-state index contributed by atoms with van der Waals surface area (Å²) in [7, 11) is 0. The number of hydrogen-bond acceptors (Lipinski definition) is 1. The van der Waals surface area contributed by atoms with Crippen molar-refractivity contribution in [3.05, 3.63) is 36.5 Å². The van der Waals surface area contributed by atoms with E-state index in [0.717, 1.165) is 24.8 Å². The van der Waals surface area contributed by atoms with Crippen LogP contribution in [0.4, 0.5) is 0 Å². The molecule has 0 aliphatic heterocycles. The van der Waals surface area contributed by atoms with E-state index in [1.165, 1.54) is 0 Å². The van der Waals surface area contributed by atoms with Crippen molar-refractivity contribution < 1.29 is 5.11 Å². The number of rotatable bonds is 7. The third-order valence-electron chi connectivity index (χ3n) is 2.30. The normalized spacial score (nSPS) is 14.9. The lowest BCUT2D eigenvalue weighted by atomic mass is 10.0. The second kappa shape index (κ2) is 8.49. The van der Waals surface area contributed by atoms with E-state index in [1.54, 1.807) is 0 Å². The molecule has 0 aromatic rings. The zero-order valence-corrected chi connectivity index (χ0v) is 10.2. The second-order valence-electron chi connectivity index (χ2n) is 4.40. The topological polar surface area (TPSA) is 20.2 Å². The molecule has 1 nitrogen and oxygen atoms in total. The highest BCUT2D eigenvalue weighted by molar-refractivity contribution is 5.19. The Balaban J connectivity index is 3.70. The maximum atomic E-state index is 9.63. The average molecular weight is 208 g/mol. The molecule has 0 fully saturated rings. The van der Waals surface area contributed by atoms with Crippen molar-refractivity contribution in [3.8, 4) is 0 Å². The Bertz CT molecular complexity index is 223. The summed E-state index contributed by atoms with van der Waals surface area (Å²) in [6.07, 6.45) is 10.4. The predicted octanol–water partition coefficient (Wildman–Crippen LogP) is 3.86. The summed E-state index contributed by atoms with van der Waals surface area (Å²) in [5.41, 5.74) is 1.14. The van der Waals surface area contributed by atoms with Gasteiger partial charge in [0.05, 0.1) is 6.10 Å². The van der Waals surface area contributed by atoms with Crippen LogP contribution in [0, 0.1) is 5.92 Å². The van der Waals surface area contributed by atoms with Crippen molar-refractivity contribution in [2.75, 3.05) is 0 Å². The lowest BCUT2D eigenvalue weighted by Gasteiger charge is -2.09. The van der Waals surface area contributed by atoms with Gasteiger partial charge in [-0.05, 0) is 32.1 Å². The fraction of sp³-hybridized carbons (Fsp3) is 0.571. The fourth-order valence-electron chi connectivity index (χ4n) is 1.17. The molecule has 0 aromatic heterocycles. The minimum Gasteiger partial charge on any atom is -0.393 e. The van der Waals surface area contributed by atoms with Crippen LogP contribution in [0.3, 0.4) is 0 Å². The molecular formula is C14H24O. The van der Waals surface area contributed by atoms with Crippen LogP contribution < -0.4 is 0 Å². The molecule has 0 aromatic carbocycles. The SMILES string of the molecule is C=C/C(C)=C\C=C\CC(O)CCC(C)C. The first kappa shape index (κ1) is 14.2. The first-order valence-corrected chi connectivity index (χ1v) is 5.70. The lowest BCUT2D eigenvalue weighted by molar-refractivity contribution is 0.159. The smallest absolute Gasteiger partial charge is 0.0574 e.